The second-order valence-electron chi connectivity index (χ2n) is 5.21. The van der Waals surface area contributed by atoms with Gasteiger partial charge >= 0.3 is 0 Å². The van der Waals surface area contributed by atoms with Gasteiger partial charge in [0.1, 0.15) is 11.4 Å². The summed E-state index contributed by atoms with van der Waals surface area (Å²) >= 11 is 0. The fourth-order valence-electron chi connectivity index (χ4n) is 3.11. The van der Waals surface area contributed by atoms with Crippen LogP contribution in [0.25, 0.3) is 0 Å². The molecule has 2 atom stereocenters. The minimum Gasteiger partial charge on any atom is -0.383 e. The van der Waals surface area contributed by atoms with Crippen LogP contribution in [0.3, 0.4) is 0 Å². The molecule has 1 aromatic rings. The van der Waals surface area contributed by atoms with Crippen LogP contribution in [0.2, 0.25) is 0 Å². The minimum atomic E-state index is -3.10. The Kier molecular flexibility index (Phi) is 2.50. The number of hydrogen-bond acceptors (Lipinski definition) is 4. The zero-order chi connectivity index (χ0) is 13.0. The molecule has 98 valence electrons. The standard InChI is InChI=1S/C12H14FNO3S/c13-8-3-4-14-11(5-8)12(15)6-9-1-2-10(7-12)18(9,16)17/h3-5,9-10,15H,1-2,6-7H2. The summed E-state index contributed by atoms with van der Waals surface area (Å²) < 4.78 is 37.1. The summed E-state index contributed by atoms with van der Waals surface area (Å²) in [6.45, 7) is 0. The normalized spacial score (nSPS) is 37.7. The molecular formula is C12H14FNO3S. The molecule has 2 bridgehead atoms. The van der Waals surface area contributed by atoms with Gasteiger partial charge in [0.15, 0.2) is 9.84 Å². The van der Waals surface area contributed by atoms with Crippen molar-refractivity contribution in [2.24, 2.45) is 0 Å². The lowest BCUT2D eigenvalue weighted by molar-refractivity contribution is 0.0128. The van der Waals surface area contributed by atoms with Crippen molar-refractivity contribution < 1.29 is 17.9 Å². The summed E-state index contributed by atoms with van der Waals surface area (Å²) in [6, 6.07) is 2.40. The molecule has 3 heterocycles. The van der Waals surface area contributed by atoms with Crippen LogP contribution in [-0.2, 0) is 15.4 Å². The Hall–Kier alpha value is -1.01. The number of aliphatic hydroxyl groups is 1. The Morgan fingerprint density at radius 3 is 2.50 bits per heavy atom. The minimum absolute atomic E-state index is 0.127. The fourth-order valence-corrected chi connectivity index (χ4v) is 5.60. The van der Waals surface area contributed by atoms with Gasteiger partial charge in [-0.1, -0.05) is 0 Å². The molecule has 0 saturated carbocycles. The van der Waals surface area contributed by atoms with E-state index in [0.717, 1.165) is 0 Å². The first-order chi connectivity index (χ1) is 8.42. The molecule has 4 nitrogen and oxygen atoms in total. The molecule has 2 unspecified atom stereocenters. The van der Waals surface area contributed by atoms with E-state index in [1.54, 1.807) is 0 Å². The number of fused-ring (bicyclic) bond motifs is 2. The van der Waals surface area contributed by atoms with Crippen LogP contribution in [0.1, 0.15) is 31.4 Å². The maximum absolute atomic E-state index is 13.2. The van der Waals surface area contributed by atoms with Gasteiger partial charge in [0.25, 0.3) is 0 Å². The van der Waals surface area contributed by atoms with E-state index in [4.69, 9.17) is 0 Å². The van der Waals surface area contributed by atoms with E-state index >= 15 is 0 Å². The third kappa shape index (κ3) is 1.66. The summed E-state index contributed by atoms with van der Waals surface area (Å²) in [6.07, 6.45) is 2.73. The molecule has 3 rings (SSSR count). The molecule has 0 aromatic carbocycles. The smallest absolute Gasteiger partial charge is 0.156 e. The van der Waals surface area contributed by atoms with Crippen molar-refractivity contribution >= 4 is 9.84 Å². The summed E-state index contributed by atoms with van der Waals surface area (Å²) in [4.78, 5) is 3.99. The maximum atomic E-state index is 13.2. The summed E-state index contributed by atoms with van der Waals surface area (Å²) in [5, 5.41) is 9.57. The number of aromatic nitrogens is 1. The topological polar surface area (TPSA) is 67.3 Å². The Labute approximate surface area is 105 Å². The molecule has 1 aromatic heterocycles. The second kappa shape index (κ2) is 3.74. The quantitative estimate of drug-likeness (QED) is 0.832. The number of nitrogens with zero attached hydrogens (tertiary/aromatic N) is 1. The van der Waals surface area contributed by atoms with Gasteiger partial charge in [-0.15, -0.1) is 0 Å². The van der Waals surface area contributed by atoms with E-state index in [1.165, 1.54) is 18.3 Å². The molecule has 2 fully saturated rings. The lowest BCUT2D eigenvalue weighted by Crippen LogP contribution is -2.43. The van der Waals surface area contributed by atoms with Crippen molar-refractivity contribution in [3.05, 3.63) is 29.8 Å². The largest absolute Gasteiger partial charge is 0.383 e. The highest BCUT2D eigenvalue weighted by Crippen LogP contribution is 2.47. The molecule has 1 N–H and O–H groups in total. The average molecular weight is 271 g/mol. The number of halogens is 1. The average Bonchev–Trinajstić information content (AvgIpc) is 2.51. The van der Waals surface area contributed by atoms with Crippen molar-refractivity contribution in [2.45, 2.75) is 41.8 Å². The number of rotatable bonds is 1. The van der Waals surface area contributed by atoms with Crippen molar-refractivity contribution in [3.8, 4) is 0 Å². The molecule has 6 heteroatoms. The summed E-state index contributed by atoms with van der Waals surface area (Å²) in [7, 11) is -3.10. The SMILES string of the molecule is O=S1(=O)C2CCC1CC(O)(c1cc(F)ccn1)C2. The van der Waals surface area contributed by atoms with Crippen molar-refractivity contribution in [3.63, 3.8) is 0 Å². The molecule has 2 saturated heterocycles. The van der Waals surface area contributed by atoms with Gasteiger partial charge in [0.05, 0.1) is 16.2 Å². The van der Waals surface area contributed by atoms with Gasteiger partial charge in [-0.25, -0.2) is 12.8 Å². The van der Waals surface area contributed by atoms with E-state index in [1.807, 2.05) is 0 Å². The van der Waals surface area contributed by atoms with Crippen LogP contribution in [0.5, 0.6) is 0 Å². The third-order valence-electron chi connectivity index (χ3n) is 4.07. The van der Waals surface area contributed by atoms with Gasteiger partial charge < -0.3 is 5.11 Å². The van der Waals surface area contributed by atoms with Crippen molar-refractivity contribution in [2.75, 3.05) is 0 Å². The first-order valence-electron chi connectivity index (χ1n) is 5.99. The lowest BCUT2D eigenvalue weighted by atomic mass is 9.89. The Morgan fingerprint density at radius 1 is 1.33 bits per heavy atom. The monoisotopic (exact) mass is 271 g/mol. The van der Waals surface area contributed by atoms with Crippen molar-refractivity contribution in [1.82, 2.24) is 4.98 Å². The highest BCUT2D eigenvalue weighted by atomic mass is 32.2. The first-order valence-corrected chi connectivity index (χ1v) is 7.60. The van der Waals surface area contributed by atoms with Gasteiger partial charge in [0, 0.05) is 6.20 Å². The van der Waals surface area contributed by atoms with Crippen LogP contribution in [0, 0.1) is 5.82 Å². The molecule has 2 aliphatic rings. The zero-order valence-corrected chi connectivity index (χ0v) is 10.5. The Balaban J connectivity index is 2.00. The van der Waals surface area contributed by atoms with E-state index in [0.29, 0.717) is 12.8 Å². The summed E-state index contributed by atoms with van der Waals surface area (Å²) in [5.41, 5.74) is -1.06. The van der Waals surface area contributed by atoms with E-state index < -0.39 is 31.8 Å². The second-order valence-corrected chi connectivity index (χ2v) is 7.72. The Morgan fingerprint density at radius 2 is 1.94 bits per heavy atom. The molecule has 0 spiro atoms. The molecule has 0 radical (unpaired) electrons. The first kappa shape index (κ1) is 12.0. The predicted octanol–water partition coefficient (Wildman–Crippen LogP) is 1.15. The van der Waals surface area contributed by atoms with Crippen LogP contribution < -0.4 is 0 Å². The zero-order valence-electron chi connectivity index (χ0n) is 9.71. The lowest BCUT2D eigenvalue weighted by Gasteiger charge is -2.35. The molecule has 0 aliphatic carbocycles. The molecule has 2 aliphatic heterocycles. The summed E-state index contributed by atoms with van der Waals surface area (Å²) in [5.74, 6) is -0.464. The van der Waals surface area contributed by atoms with Gasteiger partial charge in [-0.2, -0.15) is 0 Å². The highest BCUT2D eigenvalue weighted by Gasteiger charge is 2.53. The van der Waals surface area contributed by atoms with Crippen LogP contribution in [0.4, 0.5) is 4.39 Å². The van der Waals surface area contributed by atoms with E-state index in [2.05, 4.69) is 4.98 Å². The Bertz CT molecular complexity index is 567. The van der Waals surface area contributed by atoms with Crippen LogP contribution in [0.15, 0.2) is 18.3 Å². The fraction of sp³-hybridized carbons (Fsp3) is 0.583. The van der Waals surface area contributed by atoms with E-state index in [9.17, 15) is 17.9 Å². The highest BCUT2D eigenvalue weighted by molar-refractivity contribution is 7.93. The molecule has 0 amide bonds. The third-order valence-corrected chi connectivity index (χ3v) is 6.73. The van der Waals surface area contributed by atoms with Gasteiger partial charge in [-0.05, 0) is 37.8 Å². The molecule has 18 heavy (non-hydrogen) atoms. The van der Waals surface area contributed by atoms with Gasteiger partial charge in [0.2, 0.25) is 0 Å². The molecular weight excluding hydrogens is 257 g/mol. The number of sulfone groups is 1. The van der Waals surface area contributed by atoms with Gasteiger partial charge in [-0.3, -0.25) is 4.98 Å². The predicted molar refractivity (Wildman–Crippen MR) is 63.1 cm³/mol. The van der Waals surface area contributed by atoms with E-state index in [-0.39, 0.29) is 18.5 Å². The maximum Gasteiger partial charge on any atom is 0.156 e. The van der Waals surface area contributed by atoms with Crippen LogP contribution >= 0.6 is 0 Å². The van der Waals surface area contributed by atoms with Crippen molar-refractivity contribution in [1.29, 1.82) is 0 Å². The van der Waals surface area contributed by atoms with Crippen LogP contribution in [-0.4, -0.2) is 29.0 Å². The number of pyridine rings is 1. The number of hydrogen-bond donors (Lipinski definition) is 1.